The molecule has 0 unspecified atom stereocenters. The molecule has 7 nitrogen and oxygen atoms in total. The number of benzene rings is 1. The number of carbonyl (C=O) groups is 2. The summed E-state index contributed by atoms with van der Waals surface area (Å²) in [5, 5.41) is 27.8. The van der Waals surface area contributed by atoms with Crippen LogP contribution < -0.4 is 0 Å². The van der Waals surface area contributed by atoms with E-state index < -0.39 is 16.9 Å². The number of nitrogens with zero attached hydrogens (tertiary/aromatic N) is 1. The number of carboxylic acid groups (broad SMARTS) is 2. The molecule has 0 aromatic heterocycles. The molecule has 0 fully saturated rings. The molecular formula is C11H9NO6. The van der Waals surface area contributed by atoms with E-state index in [1.54, 1.807) is 0 Å². The molecule has 0 atom stereocenters. The first-order chi connectivity index (χ1) is 8.41. The molecule has 18 heavy (non-hydrogen) atoms. The van der Waals surface area contributed by atoms with Crippen LogP contribution in [-0.2, 0) is 4.79 Å². The molecular weight excluding hydrogens is 242 g/mol. The maximum atomic E-state index is 10.9. The third-order valence-electron chi connectivity index (χ3n) is 2.07. The third-order valence-corrected chi connectivity index (χ3v) is 2.07. The zero-order valence-corrected chi connectivity index (χ0v) is 9.07. The summed E-state index contributed by atoms with van der Waals surface area (Å²) in [4.78, 5) is 31.0. The summed E-state index contributed by atoms with van der Waals surface area (Å²) in [5.74, 6) is -2.36. The van der Waals surface area contributed by atoms with Gasteiger partial charge in [0.05, 0.1) is 16.9 Å². The number of aromatic carboxylic acids is 1. The molecule has 0 saturated carbocycles. The standard InChI is InChI=1S/C11H9NO6/c13-10(14)3-1-2-7-4-5-8(12(17)18)6-9(7)11(15)16/h1-2,4-6H,3H2,(H,13,14)(H,15,16). The van der Waals surface area contributed by atoms with Crippen molar-refractivity contribution in [3.8, 4) is 0 Å². The lowest BCUT2D eigenvalue weighted by atomic mass is 10.1. The number of aliphatic carboxylic acids is 1. The quantitative estimate of drug-likeness (QED) is 0.608. The third kappa shape index (κ3) is 3.41. The Kier molecular flexibility index (Phi) is 4.14. The first kappa shape index (κ1) is 13.4. The van der Waals surface area contributed by atoms with Crippen LogP contribution >= 0.6 is 0 Å². The maximum absolute atomic E-state index is 10.9. The molecule has 0 spiro atoms. The summed E-state index contributed by atoms with van der Waals surface area (Å²) in [7, 11) is 0. The average Bonchev–Trinajstić information content (AvgIpc) is 2.28. The molecule has 1 aromatic carbocycles. The SMILES string of the molecule is O=C(O)CC=Cc1ccc([N+](=O)[O-])cc1C(=O)O. The van der Waals surface area contributed by atoms with Gasteiger partial charge in [0.25, 0.3) is 5.69 Å². The van der Waals surface area contributed by atoms with Crippen molar-refractivity contribution in [3.05, 3.63) is 45.5 Å². The van der Waals surface area contributed by atoms with Gasteiger partial charge in [-0.05, 0) is 11.6 Å². The number of carboxylic acids is 2. The van der Waals surface area contributed by atoms with Crippen molar-refractivity contribution in [3.63, 3.8) is 0 Å². The van der Waals surface area contributed by atoms with E-state index in [9.17, 15) is 19.7 Å². The van der Waals surface area contributed by atoms with E-state index in [0.717, 1.165) is 12.1 Å². The van der Waals surface area contributed by atoms with Crippen LogP contribution in [0.15, 0.2) is 24.3 Å². The van der Waals surface area contributed by atoms with Crippen LogP contribution in [0.1, 0.15) is 22.3 Å². The predicted octanol–water partition coefficient (Wildman–Crippen LogP) is 1.78. The lowest BCUT2D eigenvalue weighted by molar-refractivity contribution is -0.384. The lowest BCUT2D eigenvalue weighted by Crippen LogP contribution is -2.01. The van der Waals surface area contributed by atoms with Gasteiger partial charge in [-0.25, -0.2) is 4.79 Å². The number of hydrogen-bond donors (Lipinski definition) is 2. The van der Waals surface area contributed by atoms with Crippen LogP contribution in [-0.4, -0.2) is 27.1 Å². The highest BCUT2D eigenvalue weighted by molar-refractivity contribution is 5.93. The van der Waals surface area contributed by atoms with Gasteiger partial charge in [0.1, 0.15) is 0 Å². The highest BCUT2D eigenvalue weighted by Gasteiger charge is 2.14. The highest BCUT2D eigenvalue weighted by atomic mass is 16.6. The minimum atomic E-state index is -1.31. The summed E-state index contributed by atoms with van der Waals surface area (Å²) in [5.41, 5.74) is -0.358. The Bertz CT molecular complexity index is 534. The second-order valence-corrected chi connectivity index (χ2v) is 3.33. The van der Waals surface area contributed by atoms with Crippen molar-refractivity contribution in [1.82, 2.24) is 0 Å². The number of non-ortho nitro benzene ring substituents is 1. The zero-order chi connectivity index (χ0) is 13.7. The molecule has 0 aliphatic carbocycles. The summed E-state index contributed by atoms with van der Waals surface area (Å²) in [6, 6.07) is 3.36. The number of nitro benzene ring substituents is 1. The van der Waals surface area contributed by atoms with Crippen molar-refractivity contribution < 1.29 is 24.7 Å². The van der Waals surface area contributed by atoms with Gasteiger partial charge >= 0.3 is 11.9 Å². The Morgan fingerprint density at radius 3 is 2.50 bits per heavy atom. The van der Waals surface area contributed by atoms with E-state index in [4.69, 9.17) is 10.2 Å². The minimum absolute atomic E-state index is 0.217. The van der Waals surface area contributed by atoms with Crippen molar-refractivity contribution >= 4 is 23.7 Å². The molecule has 0 heterocycles. The lowest BCUT2D eigenvalue weighted by Gasteiger charge is -2.00. The molecule has 1 rings (SSSR count). The maximum Gasteiger partial charge on any atom is 0.336 e. The largest absolute Gasteiger partial charge is 0.481 e. The predicted molar refractivity (Wildman–Crippen MR) is 61.3 cm³/mol. The average molecular weight is 251 g/mol. The van der Waals surface area contributed by atoms with Crippen LogP contribution in [0.25, 0.3) is 6.08 Å². The zero-order valence-electron chi connectivity index (χ0n) is 9.07. The number of nitro groups is 1. The number of rotatable bonds is 5. The van der Waals surface area contributed by atoms with E-state index in [1.807, 2.05) is 0 Å². The normalized spacial score (nSPS) is 10.4. The van der Waals surface area contributed by atoms with E-state index >= 15 is 0 Å². The topological polar surface area (TPSA) is 118 Å². The van der Waals surface area contributed by atoms with Gasteiger partial charge in [-0.15, -0.1) is 0 Å². The molecule has 0 radical (unpaired) electrons. The van der Waals surface area contributed by atoms with Gasteiger partial charge in [0.15, 0.2) is 0 Å². The first-order valence-corrected chi connectivity index (χ1v) is 4.82. The van der Waals surface area contributed by atoms with Crippen LogP contribution in [0.3, 0.4) is 0 Å². The van der Waals surface area contributed by atoms with E-state index in [-0.39, 0.29) is 23.2 Å². The van der Waals surface area contributed by atoms with Gasteiger partial charge in [0, 0.05) is 12.1 Å². The molecule has 7 heteroatoms. The molecule has 0 aliphatic heterocycles. The Balaban J connectivity index is 3.12. The van der Waals surface area contributed by atoms with Crippen molar-refractivity contribution in [2.75, 3.05) is 0 Å². The summed E-state index contributed by atoms with van der Waals surface area (Å²) in [6.45, 7) is 0. The molecule has 0 aliphatic rings. The van der Waals surface area contributed by atoms with E-state index in [0.29, 0.717) is 0 Å². The van der Waals surface area contributed by atoms with Crippen LogP contribution in [0, 0.1) is 10.1 Å². The van der Waals surface area contributed by atoms with Crippen LogP contribution in [0.4, 0.5) is 5.69 Å². The van der Waals surface area contributed by atoms with Gasteiger partial charge < -0.3 is 10.2 Å². The Hall–Kier alpha value is -2.70. The highest BCUT2D eigenvalue weighted by Crippen LogP contribution is 2.19. The minimum Gasteiger partial charge on any atom is -0.481 e. The molecule has 0 saturated heterocycles. The van der Waals surface area contributed by atoms with E-state index in [1.165, 1.54) is 18.2 Å². The summed E-state index contributed by atoms with van der Waals surface area (Å²) < 4.78 is 0. The summed E-state index contributed by atoms with van der Waals surface area (Å²) >= 11 is 0. The molecule has 1 aromatic rings. The second-order valence-electron chi connectivity index (χ2n) is 3.33. The fraction of sp³-hybridized carbons (Fsp3) is 0.0909. The van der Waals surface area contributed by atoms with Crippen LogP contribution in [0.2, 0.25) is 0 Å². The number of hydrogen-bond acceptors (Lipinski definition) is 4. The monoisotopic (exact) mass is 251 g/mol. The van der Waals surface area contributed by atoms with Crippen molar-refractivity contribution in [2.45, 2.75) is 6.42 Å². The summed E-state index contributed by atoms with van der Waals surface area (Å²) in [6.07, 6.45) is 2.33. The van der Waals surface area contributed by atoms with Crippen molar-refractivity contribution in [1.29, 1.82) is 0 Å². The fourth-order valence-corrected chi connectivity index (χ4v) is 1.28. The molecule has 0 bridgehead atoms. The smallest absolute Gasteiger partial charge is 0.336 e. The molecule has 0 amide bonds. The van der Waals surface area contributed by atoms with Gasteiger partial charge in [0.2, 0.25) is 0 Å². The second kappa shape index (κ2) is 5.58. The molecule has 2 N–H and O–H groups in total. The van der Waals surface area contributed by atoms with Gasteiger partial charge in [-0.2, -0.15) is 0 Å². The Morgan fingerprint density at radius 1 is 1.33 bits per heavy atom. The first-order valence-electron chi connectivity index (χ1n) is 4.82. The fourth-order valence-electron chi connectivity index (χ4n) is 1.28. The van der Waals surface area contributed by atoms with Gasteiger partial charge in [-0.1, -0.05) is 12.2 Å². The van der Waals surface area contributed by atoms with E-state index in [2.05, 4.69) is 0 Å². The Labute approximate surface area is 101 Å². The van der Waals surface area contributed by atoms with Crippen LogP contribution in [0.5, 0.6) is 0 Å². The van der Waals surface area contributed by atoms with Crippen molar-refractivity contribution in [2.24, 2.45) is 0 Å². The van der Waals surface area contributed by atoms with Gasteiger partial charge in [-0.3, -0.25) is 14.9 Å². The molecule has 94 valence electrons. The Morgan fingerprint density at radius 2 is 2.00 bits per heavy atom.